The first-order chi connectivity index (χ1) is 16.6. The first-order valence-corrected chi connectivity index (χ1v) is 11.7. The summed E-state index contributed by atoms with van der Waals surface area (Å²) in [4.78, 5) is 21.1. The van der Waals surface area contributed by atoms with Crippen molar-refractivity contribution in [3.05, 3.63) is 59.0 Å². The number of halogens is 3. The summed E-state index contributed by atoms with van der Waals surface area (Å²) in [6.07, 6.45) is -2.64. The molecular formula is C24H25F3N2O5S. The van der Waals surface area contributed by atoms with Gasteiger partial charge in [0.2, 0.25) is 0 Å². The van der Waals surface area contributed by atoms with Crippen LogP contribution in [0.15, 0.2) is 41.4 Å². The monoisotopic (exact) mass is 510 g/mol. The maximum atomic E-state index is 12.0. The Labute approximate surface area is 204 Å². The molecule has 0 unspecified atom stereocenters. The van der Waals surface area contributed by atoms with Crippen molar-refractivity contribution in [1.82, 2.24) is 9.97 Å². The number of pyridine rings is 2. The van der Waals surface area contributed by atoms with Crippen molar-refractivity contribution >= 4 is 28.6 Å². The second kappa shape index (κ2) is 12.2. The molecule has 3 rings (SSSR count). The number of nitrogens with zero attached hydrogens (tertiary/aromatic N) is 2. The standard InChI is InChI=1S/C24H25F3N2O5S/c1-15-11-21(18-4-3-17(23(30)31)12-19(18)29-15)34-13-20-16(2)22(5-6-28-20)35-10-9-32-7-8-33-14-24(25,26)27/h3-6,11-12H,7-10,13-14H2,1-2H3,(H,30,31). The zero-order valence-electron chi connectivity index (χ0n) is 19.2. The summed E-state index contributed by atoms with van der Waals surface area (Å²) >= 11 is 1.55. The molecule has 0 bridgehead atoms. The molecule has 0 aliphatic rings. The Hall–Kier alpha value is -2.89. The number of ether oxygens (including phenoxy) is 3. The minimum absolute atomic E-state index is 0.0956. The van der Waals surface area contributed by atoms with E-state index in [4.69, 9.17) is 9.47 Å². The molecule has 0 fully saturated rings. The summed E-state index contributed by atoms with van der Waals surface area (Å²) in [5, 5.41) is 9.93. The van der Waals surface area contributed by atoms with Gasteiger partial charge in [-0.05, 0) is 43.7 Å². The number of carboxylic acid groups (broad SMARTS) is 1. The van der Waals surface area contributed by atoms with Crippen LogP contribution in [-0.2, 0) is 16.1 Å². The molecule has 0 spiro atoms. The molecular weight excluding hydrogens is 485 g/mol. The van der Waals surface area contributed by atoms with Crippen LogP contribution in [0.4, 0.5) is 13.2 Å². The van der Waals surface area contributed by atoms with Crippen molar-refractivity contribution in [3.63, 3.8) is 0 Å². The molecule has 1 N–H and O–H groups in total. The number of aryl methyl sites for hydroxylation is 1. The van der Waals surface area contributed by atoms with Crippen molar-refractivity contribution in [2.24, 2.45) is 0 Å². The number of benzene rings is 1. The highest BCUT2D eigenvalue weighted by Crippen LogP contribution is 2.29. The van der Waals surface area contributed by atoms with Crippen LogP contribution < -0.4 is 4.74 Å². The van der Waals surface area contributed by atoms with Gasteiger partial charge in [0.05, 0.1) is 36.6 Å². The Morgan fingerprint density at radius 1 is 1.09 bits per heavy atom. The van der Waals surface area contributed by atoms with Gasteiger partial charge in [-0.2, -0.15) is 13.2 Å². The highest BCUT2D eigenvalue weighted by Gasteiger charge is 2.27. The second-order valence-electron chi connectivity index (χ2n) is 7.60. The minimum atomic E-state index is -4.33. The van der Waals surface area contributed by atoms with Crippen LogP contribution in [0, 0.1) is 13.8 Å². The van der Waals surface area contributed by atoms with E-state index in [2.05, 4.69) is 14.7 Å². The molecule has 0 amide bonds. The van der Waals surface area contributed by atoms with Crippen LogP contribution in [0.2, 0.25) is 0 Å². The molecule has 11 heteroatoms. The summed E-state index contributed by atoms with van der Waals surface area (Å²) in [7, 11) is 0. The third-order valence-corrected chi connectivity index (χ3v) is 6.02. The Kier molecular flexibility index (Phi) is 9.30. The Morgan fingerprint density at radius 2 is 1.86 bits per heavy atom. The van der Waals surface area contributed by atoms with Crippen molar-refractivity contribution in [1.29, 1.82) is 0 Å². The van der Waals surface area contributed by atoms with E-state index in [1.807, 2.05) is 19.9 Å². The van der Waals surface area contributed by atoms with Gasteiger partial charge in [0.15, 0.2) is 0 Å². The average molecular weight is 511 g/mol. The number of carboxylic acids is 1. The molecule has 0 saturated heterocycles. The van der Waals surface area contributed by atoms with Gasteiger partial charge in [-0.25, -0.2) is 4.79 Å². The number of aromatic carboxylic acids is 1. The normalized spacial score (nSPS) is 11.7. The molecule has 7 nitrogen and oxygen atoms in total. The summed E-state index contributed by atoms with van der Waals surface area (Å²) in [5.74, 6) is 0.182. The molecule has 0 radical (unpaired) electrons. The van der Waals surface area contributed by atoms with Gasteiger partial charge in [-0.3, -0.25) is 9.97 Å². The fraction of sp³-hybridized carbons (Fsp3) is 0.375. The third kappa shape index (κ3) is 8.08. The van der Waals surface area contributed by atoms with Crippen LogP contribution in [-0.4, -0.2) is 59.4 Å². The Morgan fingerprint density at radius 3 is 2.60 bits per heavy atom. The van der Waals surface area contributed by atoms with Crippen molar-refractivity contribution in [2.45, 2.75) is 31.5 Å². The van der Waals surface area contributed by atoms with Crippen LogP contribution in [0.5, 0.6) is 5.75 Å². The molecule has 188 valence electrons. The van der Waals surface area contributed by atoms with Crippen molar-refractivity contribution < 1.29 is 37.3 Å². The number of aromatic nitrogens is 2. The van der Waals surface area contributed by atoms with Crippen molar-refractivity contribution in [3.8, 4) is 5.75 Å². The fourth-order valence-electron chi connectivity index (χ4n) is 3.20. The van der Waals surface area contributed by atoms with E-state index < -0.39 is 18.8 Å². The number of fused-ring (bicyclic) bond motifs is 1. The van der Waals surface area contributed by atoms with E-state index in [9.17, 15) is 23.1 Å². The SMILES string of the molecule is Cc1cc(OCc2nccc(SCCOCCOCC(F)(F)F)c2C)c2ccc(C(=O)O)cc2n1. The molecule has 2 heterocycles. The van der Waals surface area contributed by atoms with Crippen LogP contribution in [0.25, 0.3) is 10.9 Å². The van der Waals surface area contributed by atoms with Gasteiger partial charge in [0, 0.05) is 34.0 Å². The molecule has 35 heavy (non-hydrogen) atoms. The maximum absolute atomic E-state index is 12.0. The summed E-state index contributed by atoms with van der Waals surface area (Å²) < 4.78 is 51.9. The number of alkyl halides is 3. The maximum Gasteiger partial charge on any atom is 0.411 e. The molecule has 0 atom stereocenters. The highest BCUT2D eigenvalue weighted by atomic mass is 32.2. The van der Waals surface area contributed by atoms with Gasteiger partial charge in [-0.15, -0.1) is 11.8 Å². The number of rotatable bonds is 12. The molecule has 0 saturated carbocycles. The van der Waals surface area contributed by atoms with Crippen molar-refractivity contribution in [2.75, 3.05) is 32.2 Å². The summed E-state index contributed by atoms with van der Waals surface area (Å²) in [6, 6.07) is 8.39. The lowest BCUT2D eigenvalue weighted by molar-refractivity contribution is -0.176. The van der Waals surface area contributed by atoms with Crippen LogP contribution in [0.1, 0.15) is 27.3 Å². The first kappa shape index (κ1) is 26.7. The van der Waals surface area contributed by atoms with Crippen LogP contribution >= 0.6 is 11.8 Å². The second-order valence-corrected chi connectivity index (χ2v) is 8.73. The highest BCUT2D eigenvalue weighted by molar-refractivity contribution is 7.99. The number of hydrogen-bond acceptors (Lipinski definition) is 7. The lowest BCUT2D eigenvalue weighted by Gasteiger charge is -2.13. The van der Waals surface area contributed by atoms with E-state index in [1.165, 1.54) is 12.1 Å². The third-order valence-electron chi connectivity index (χ3n) is 4.89. The van der Waals surface area contributed by atoms with Gasteiger partial charge in [0.1, 0.15) is 19.0 Å². The van der Waals surface area contributed by atoms with E-state index >= 15 is 0 Å². The number of hydrogen-bond donors (Lipinski definition) is 1. The summed E-state index contributed by atoms with van der Waals surface area (Å²) in [6.45, 7) is 3.05. The molecule has 3 aromatic rings. The lowest BCUT2D eigenvalue weighted by Crippen LogP contribution is -2.19. The fourth-order valence-corrected chi connectivity index (χ4v) is 4.11. The molecule has 1 aromatic carbocycles. The Bertz CT molecular complexity index is 1170. The first-order valence-electron chi connectivity index (χ1n) is 10.7. The van der Waals surface area contributed by atoms with E-state index in [1.54, 1.807) is 30.1 Å². The quantitative estimate of drug-likeness (QED) is 0.262. The average Bonchev–Trinajstić information content (AvgIpc) is 2.79. The predicted molar refractivity (Wildman–Crippen MR) is 125 cm³/mol. The zero-order valence-corrected chi connectivity index (χ0v) is 20.0. The van der Waals surface area contributed by atoms with E-state index in [-0.39, 0.29) is 25.4 Å². The Balaban J connectivity index is 1.55. The summed E-state index contributed by atoms with van der Waals surface area (Å²) in [5.41, 5.74) is 3.10. The topological polar surface area (TPSA) is 90.8 Å². The van der Waals surface area contributed by atoms with Gasteiger partial charge in [-0.1, -0.05) is 0 Å². The minimum Gasteiger partial charge on any atom is -0.487 e. The number of thioether (sulfide) groups is 1. The molecule has 2 aromatic heterocycles. The lowest BCUT2D eigenvalue weighted by atomic mass is 10.1. The van der Waals surface area contributed by atoms with Gasteiger partial charge < -0.3 is 19.3 Å². The van der Waals surface area contributed by atoms with Gasteiger partial charge in [0.25, 0.3) is 0 Å². The number of carbonyl (C=O) groups is 1. The molecule has 0 aliphatic carbocycles. The zero-order chi connectivity index (χ0) is 25.4. The van der Waals surface area contributed by atoms with E-state index in [0.717, 1.165) is 16.2 Å². The molecule has 0 aliphatic heterocycles. The predicted octanol–water partition coefficient (Wildman–Crippen LogP) is 5.21. The van der Waals surface area contributed by atoms with Crippen LogP contribution in [0.3, 0.4) is 0 Å². The smallest absolute Gasteiger partial charge is 0.411 e. The van der Waals surface area contributed by atoms with Gasteiger partial charge >= 0.3 is 12.1 Å². The van der Waals surface area contributed by atoms with E-state index in [0.29, 0.717) is 34.7 Å². The largest absolute Gasteiger partial charge is 0.487 e.